The first-order valence-electron chi connectivity index (χ1n) is 6.54. The molecule has 0 saturated carbocycles. The minimum atomic E-state index is 0.264. The normalized spacial score (nSPS) is 12.6. The lowest BCUT2D eigenvalue weighted by Crippen LogP contribution is -2.18. The highest BCUT2D eigenvalue weighted by Gasteiger charge is 2.09. The number of hydrogen-bond donors (Lipinski definition) is 2. The predicted molar refractivity (Wildman–Crippen MR) is 78.9 cm³/mol. The van der Waals surface area contributed by atoms with Crippen LogP contribution in [-0.4, -0.2) is 9.97 Å². The Balaban J connectivity index is 1.93. The fourth-order valence-electron chi connectivity index (χ4n) is 1.79. The Morgan fingerprint density at radius 2 is 2.26 bits per heavy atom. The Labute approximate surface area is 118 Å². The molecule has 2 heterocycles. The second kappa shape index (κ2) is 6.75. The smallest absolute Gasteiger partial charge is 0.109 e. The minimum Gasteiger partial charge on any atom is -0.325 e. The number of aromatic nitrogens is 2. The molecular weight excluding hydrogens is 256 g/mol. The van der Waals surface area contributed by atoms with Gasteiger partial charge in [0.2, 0.25) is 0 Å². The molecule has 2 aromatic rings. The molecule has 5 heteroatoms. The van der Waals surface area contributed by atoms with Gasteiger partial charge in [0.05, 0.1) is 11.7 Å². The summed E-state index contributed by atoms with van der Waals surface area (Å²) in [5, 5.41) is 4.63. The Kier molecular flexibility index (Phi) is 5.01. The summed E-state index contributed by atoms with van der Waals surface area (Å²) in [4.78, 5) is 9.98. The van der Waals surface area contributed by atoms with Crippen molar-refractivity contribution in [2.45, 2.75) is 39.4 Å². The third-order valence-electron chi connectivity index (χ3n) is 2.99. The van der Waals surface area contributed by atoms with Gasteiger partial charge in [-0.25, -0.2) is 4.98 Å². The van der Waals surface area contributed by atoms with E-state index in [0.29, 0.717) is 6.54 Å². The van der Waals surface area contributed by atoms with Crippen LogP contribution in [0.4, 0.5) is 0 Å². The maximum atomic E-state index is 5.59. The Bertz CT molecular complexity index is 524. The Morgan fingerprint density at radius 3 is 2.95 bits per heavy atom. The van der Waals surface area contributed by atoms with E-state index in [1.807, 2.05) is 24.5 Å². The van der Waals surface area contributed by atoms with Gasteiger partial charge >= 0.3 is 0 Å². The molecule has 0 aliphatic heterocycles. The molecule has 0 bridgehead atoms. The van der Waals surface area contributed by atoms with Gasteiger partial charge in [-0.2, -0.15) is 0 Å². The highest BCUT2D eigenvalue weighted by molar-refractivity contribution is 7.11. The van der Waals surface area contributed by atoms with Crippen LogP contribution < -0.4 is 11.1 Å². The third-order valence-corrected chi connectivity index (χ3v) is 4.32. The van der Waals surface area contributed by atoms with Crippen molar-refractivity contribution in [3.8, 4) is 0 Å². The minimum absolute atomic E-state index is 0.264. The highest BCUT2D eigenvalue weighted by Crippen LogP contribution is 2.20. The van der Waals surface area contributed by atoms with Gasteiger partial charge in [0.25, 0.3) is 0 Å². The van der Waals surface area contributed by atoms with Crippen LogP contribution in [0.25, 0.3) is 0 Å². The zero-order chi connectivity index (χ0) is 13.7. The first kappa shape index (κ1) is 14.1. The second-order valence-corrected chi connectivity index (χ2v) is 5.63. The zero-order valence-electron chi connectivity index (χ0n) is 11.4. The maximum absolute atomic E-state index is 5.59. The van der Waals surface area contributed by atoms with Crippen molar-refractivity contribution in [2.75, 3.05) is 0 Å². The molecule has 1 unspecified atom stereocenters. The van der Waals surface area contributed by atoms with E-state index in [1.54, 1.807) is 11.3 Å². The molecule has 102 valence electrons. The molecule has 19 heavy (non-hydrogen) atoms. The molecule has 2 rings (SSSR count). The van der Waals surface area contributed by atoms with E-state index in [-0.39, 0.29) is 6.04 Å². The lowest BCUT2D eigenvalue weighted by Gasteiger charge is -2.11. The molecule has 4 nitrogen and oxygen atoms in total. The van der Waals surface area contributed by atoms with E-state index in [9.17, 15) is 0 Å². The molecule has 0 aliphatic carbocycles. The Hall–Kier alpha value is -1.30. The average Bonchev–Trinajstić information content (AvgIpc) is 2.94. The number of hydrogen-bond acceptors (Lipinski definition) is 5. The van der Waals surface area contributed by atoms with E-state index in [1.165, 1.54) is 10.4 Å². The SMILES string of the molecule is CCc1cnc(C(C)NCc2ccnc(CN)c2)s1. The Morgan fingerprint density at radius 1 is 1.42 bits per heavy atom. The summed E-state index contributed by atoms with van der Waals surface area (Å²) in [5.74, 6) is 0. The highest BCUT2D eigenvalue weighted by atomic mass is 32.1. The van der Waals surface area contributed by atoms with Crippen LogP contribution >= 0.6 is 11.3 Å². The largest absolute Gasteiger partial charge is 0.325 e. The topological polar surface area (TPSA) is 63.8 Å². The van der Waals surface area contributed by atoms with Crippen molar-refractivity contribution in [1.82, 2.24) is 15.3 Å². The van der Waals surface area contributed by atoms with Gasteiger partial charge in [-0.3, -0.25) is 4.98 Å². The van der Waals surface area contributed by atoms with Crippen LogP contribution in [0, 0.1) is 0 Å². The van der Waals surface area contributed by atoms with E-state index in [4.69, 9.17) is 5.73 Å². The van der Waals surface area contributed by atoms with Gasteiger partial charge in [-0.05, 0) is 31.0 Å². The van der Waals surface area contributed by atoms with E-state index < -0.39 is 0 Å². The van der Waals surface area contributed by atoms with Crippen LogP contribution in [0.15, 0.2) is 24.5 Å². The van der Waals surface area contributed by atoms with Gasteiger partial charge in [0, 0.05) is 30.4 Å². The lowest BCUT2D eigenvalue weighted by atomic mass is 10.2. The second-order valence-electron chi connectivity index (χ2n) is 4.48. The van der Waals surface area contributed by atoms with Crippen LogP contribution in [0.3, 0.4) is 0 Å². The van der Waals surface area contributed by atoms with E-state index in [0.717, 1.165) is 23.7 Å². The standard InChI is InChI=1S/C14H20N4S/c1-3-13-9-18-14(19-13)10(2)17-8-11-4-5-16-12(6-11)7-15/h4-6,9-10,17H,3,7-8,15H2,1-2H3. The molecular formula is C14H20N4S. The molecule has 3 N–H and O–H groups in total. The van der Waals surface area contributed by atoms with Crippen LogP contribution in [0.2, 0.25) is 0 Å². The monoisotopic (exact) mass is 276 g/mol. The van der Waals surface area contributed by atoms with Gasteiger partial charge in [0.1, 0.15) is 5.01 Å². The van der Waals surface area contributed by atoms with Crippen molar-refractivity contribution >= 4 is 11.3 Å². The number of rotatable bonds is 6. The molecule has 0 saturated heterocycles. The molecule has 0 radical (unpaired) electrons. The fraction of sp³-hybridized carbons (Fsp3) is 0.429. The quantitative estimate of drug-likeness (QED) is 0.850. The van der Waals surface area contributed by atoms with Gasteiger partial charge < -0.3 is 11.1 Å². The summed E-state index contributed by atoms with van der Waals surface area (Å²) in [7, 11) is 0. The summed E-state index contributed by atoms with van der Waals surface area (Å²) in [5.41, 5.74) is 7.72. The summed E-state index contributed by atoms with van der Waals surface area (Å²) in [6.07, 6.45) is 4.83. The van der Waals surface area contributed by atoms with Gasteiger partial charge in [-0.15, -0.1) is 11.3 Å². The summed E-state index contributed by atoms with van der Waals surface area (Å²) in [6, 6.07) is 4.32. The maximum Gasteiger partial charge on any atom is 0.109 e. The number of thiazole rings is 1. The summed E-state index contributed by atoms with van der Waals surface area (Å²) < 4.78 is 0. The summed E-state index contributed by atoms with van der Waals surface area (Å²) >= 11 is 1.78. The molecule has 2 aromatic heterocycles. The molecule has 0 spiro atoms. The molecule has 0 amide bonds. The van der Waals surface area contributed by atoms with Crippen molar-refractivity contribution in [3.63, 3.8) is 0 Å². The first-order valence-corrected chi connectivity index (χ1v) is 7.36. The van der Waals surface area contributed by atoms with Gasteiger partial charge in [0.15, 0.2) is 0 Å². The number of aryl methyl sites for hydroxylation is 1. The third kappa shape index (κ3) is 3.83. The van der Waals surface area contributed by atoms with Crippen LogP contribution in [0.1, 0.15) is 41.0 Å². The molecule has 0 aliphatic rings. The zero-order valence-corrected chi connectivity index (χ0v) is 12.2. The van der Waals surface area contributed by atoms with E-state index >= 15 is 0 Å². The van der Waals surface area contributed by atoms with E-state index in [2.05, 4.69) is 29.1 Å². The number of pyridine rings is 1. The number of nitrogens with one attached hydrogen (secondary N) is 1. The first-order chi connectivity index (χ1) is 9.22. The number of nitrogens with two attached hydrogens (primary N) is 1. The van der Waals surface area contributed by atoms with Crippen molar-refractivity contribution < 1.29 is 0 Å². The lowest BCUT2D eigenvalue weighted by molar-refractivity contribution is 0.571. The fourth-order valence-corrected chi connectivity index (χ4v) is 2.68. The van der Waals surface area contributed by atoms with Crippen LogP contribution in [0.5, 0.6) is 0 Å². The summed E-state index contributed by atoms with van der Waals surface area (Å²) in [6.45, 7) is 5.58. The molecule has 1 atom stereocenters. The van der Waals surface area contributed by atoms with Crippen molar-refractivity contribution in [3.05, 3.63) is 45.7 Å². The van der Waals surface area contributed by atoms with Crippen molar-refractivity contribution in [2.24, 2.45) is 5.73 Å². The van der Waals surface area contributed by atoms with Crippen molar-refractivity contribution in [1.29, 1.82) is 0 Å². The average molecular weight is 276 g/mol. The van der Waals surface area contributed by atoms with Crippen LogP contribution in [-0.2, 0) is 19.5 Å². The number of nitrogens with zero attached hydrogens (tertiary/aromatic N) is 2. The molecule has 0 fully saturated rings. The molecule has 0 aromatic carbocycles. The van der Waals surface area contributed by atoms with Gasteiger partial charge in [-0.1, -0.05) is 6.92 Å². The predicted octanol–water partition coefficient (Wildman–Crippen LogP) is 2.41.